The highest BCUT2D eigenvalue weighted by molar-refractivity contribution is 9.10. The molecule has 0 bridgehead atoms. The quantitative estimate of drug-likeness (QED) is 0.855. The van der Waals surface area contributed by atoms with Crippen LogP contribution in [0.1, 0.15) is 12.8 Å². The molecule has 2 aromatic rings. The Hall–Kier alpha value is -1.55. The maximum absolute atomic E-state index is 12.0. The molecule has 0 spiro atoms. The Morgan fingerprint density at radius 1 is 1.30 bits per heavy atom. The van der Waals surface area contributed by atoms with Gasteiger partial charge in [0, 0.05) is 13.1 Å². The third kappa shape index (κ3) is 2.66. The number of hydrogen-bond donors (Lipinski definition) is 0. The van der Waals surface area contributed by atoms with Gasteiger partial charge in [-0.05, 0) is 45.6 Å². The summed E-state index contributed by atoms with van der Waals surface area (Å²) in [4.78, 5) is 13.7. The second-order valence-electron chi connectivity index (χ2n) is 5.12. The summed E-state index contributed by atoms with van der Waals surface area (Å²) in [6, 6.07) is 12.4. The minimum atomic E-state index is 0.0348. The standard InChI is InChI=1S/C16H16BrNO2/c1-18(12-7-8-12)15(19)10-20-14-9-6-11-4-2-3-5-13(11)16(14)17/h2-6,9,12H,7-8,10H2,1H3. The van der Waals surface area contributed by atoms with Gasteiger partial charge >= 0.3 is 0 Å². The van der Waals surface area contributed by atoms with Gasteiger partial charge in [-0.3, -0.25) is 4.79 Å². The zero-order chi connectivity index (χ0) is 14.1. The van der Waals surface area contributed by atoms with Crippen LogP contribution in [-0.4, -0.2) is 30.5 Å². The van der Waals surface area contributed by atoms with E-state index >= 15 is 0 Å². The first kappa shape index (κ1) is 13.4. The van der Waals surface area contributed by atoms with Gasteiger partial charge in [0.2, 0.25) is 0 Å². The Kier molecular flexibility index (Phi) is 3.66. The van der Waals surface area contributed by atoms with Crippen LogP contribution in [0.5, 0.6) is 5.75 Å². The predicted octanol–water partition coefficient (Wildman–Crippen LogP) is 3.60. The fraction of sp³-hybridized carbons (Fsp3) is 0.312. The molecule has 1 fully saturated rings. The van der Waals surface area contributed by atoms with E-state index in [0.717, 1.165) is 28.1 Å². The summed E-state index contributed by atoms with van der Waals surface area (Å²) in [5, 5.41) is 2.24. The molecular weight excluding hydrogens is 318 g/mol. The van der Waals surface area contributed by atoms with Crippen LogP contribution in [-0.2, 0) is 4.79 Å². The molecule has 1 saturated carbocycles. The van der Waals surface area contributed by atoms with Crippen molar-refractivity contribution in [2.45, 2.75) is 18.9 Å². The number of rotatable bonds is 4. The monoisotopic (exact) mass is 333 g/mol. The Morgan fingerprint density at radius 2 is 2.05 bits per heavy atom. The van der Waals surface area contributed by atoms with Crippen LogP contribution >= 0.6 is 15.9 Å². The molecular formula is C16H16BrNO2. The number of amides is 1. The second kappa shape index (κ2) is 5.44. The third-order valence-corrected chi connectivity index (χ3v) is 4.48. The normalized spacial score (nSPS) is 14.3. The molecule has 0 N–H and O–H groups in total. The van der Waals surface area contributed by atoms with Gasteiger partial charge in [-0.15, -0.1) is 0 Å². The number of likely N-dealkylation sites (N-methyl/N-ethyl adjacent to an activating group) is 1. The lowest BCUT2D eigenvalue weighted by Crippen LogP contribution is -2.33. The molecule has 0 atom stereocenters. The Labute approximate surface area is 126 Å². The maximum Gasteiger partial charge on any atom is 0.260 e. The summed E-state index contributed by atoms with van der Waals surface area (Å²) in [7, 11) is 1.85. The number of carbonyl (C=O) groups excluding carboxylic acids is 1. The Balaban J connectivity index is 1.74. The van der Waals surface area contributed by atoms with Gasteiger partial charge in [0.1, 0.15) is 5.75 Å². The van der Waals surface area contributed by atoms with E-state index in [-0.39, 0.29) is 12.5 Å². The van der Waals surface area contributed by atoms with Crippen LogP contribution in [0.15, 0.2) is 40.9 Å². The number of halogens is 1. The predicted molar refractivity (Wildman–Crippen MR) is 82.9 cm³/mol. The van der Waals surface area contributed by atoms with E-state index in [4.69, 9.17) is 4.74 Å². The van der Waals surface area contributed by atoms with Crippen molar-refractivity contribution in [2.75, 3.05) is 13.7 Å². The van der Waals surface area contributed by atoms with Gasteiger partial charge in [0.05, 0.1) is 4.47 Å². The molecule has 1 amide bonds. The van der Waals surface area contributed by atoms with E-state index in [1.165, 1.54) is 0 Å². The topological polar surface area (TPSA) is 29.5 Å². The van der Waals surface area contributed by atoms with Crippen LogP contribution in [0.3, 0.4) is 0 Å². The molecule has 3 nitrogen and oxygen atoms in total. The van der Waals surface area contributed by atoms with E-state index in [9.17, 15) is 4.79 Å². The average Bonchev–Trinajstić information content (AvgIpc) is 3.30. The van der Waals surface area contributed by atoms with Crippen molar-refractivity contribution in [3.63, 3.8) is 0 Å². The van der Waals surface area contributed by atoms with Crippen LogP contribution in [0, 0.1) is 0 Å². The number of benzene rings is 2. The van der Waals surface area contributed by atoms with E-state index < -0.39 is 0 Å². The van der Waals surface area contributed by atoms with Gasteiger partial charge in [0.25, 0.3) is 5.91 Å². The number of ether oxygens (including phenoxy) is 1. The number of hydrogen-bond acceptors (Lipinski definition) is 2. The molecule has 20 heavy (non-hydrogen) atoms. The van der Waals surface area contributed by atoms with Crippen molar-refractivity contribution in [3.8, 4) is 5.75 Å². The van der Waals surface area contributed by atoms with Crippen molar-refractivity contribution in [3.05, 3.63) is 40.9 Å². The molecule has 104 valence electrons. The van der Waals surface area contributed by atoms with Gasteiger partial charge in [0.15, 0.2) is 6.61 Å². The fourth-order valence-electron chi connectivity index (χ4n) is 2.23. The molecule has 0 aliphatic heterocycles. The van der Waals surface area contributed by atoms with E-state index in [1.54, 1.807) is 4.90 Å². The first-order valence-electron chi connectivity index (χ1n) is 6.72. The highest BCUT2D eigenvalue weighted by atomic mass is 79.9. The summed E-state index contributed by atoms with van der Waals surface area (Å²) in [5.74, 6) is 0.744. The van der Waals surface area contributed by atoms with E-state index in [1.807, 2.05) is 37.4 Å². The van der Waals surface area contributed by atoms with Crippen LogP contribution in [0.2, 0.25) is 0 Å². The highest BCUT2D eigenvalue weighted by Crippen LogP contribution is 2.33. The third-order valence-electron chi connectivity index (χ3n) is 3.67. The van der Waals surface area contributed by atoms with E-state index in [0.29, 0.717) is 11.8 Å². The van der Waals surface area contributed by atoms with Gasteiger partial charge in [-0.25, -0.2) is 0 Å². The van der Waals surface area contributed by atoms with Crippen LogP contribution < -0.4 is 4.74 Å². The molecule has 1 aliphatic carbocycles. The van der Waals surface area contributed by atoms with Gasteiger partial charge in [-0.1, -0.05) is 30.3 Å². The molecule has 4 heteroatoms. The van der Waals surface area contributed by atoms with Crippen molar-refractivity contribution >= 4 is 32.6 Å². The lowest BCUT2D eigenvalue weighted by atomic mass is 10.1. The Bertz CT molecular complexity index is 652. The summed E-state index contributed by atoms with van der Waals surface area (Å²) in [6.07, 6.45) is 2.23. The molecule has 0 aromatic heterocycles. The van der Waals surface area contributed by atoms with Crippen LogP contribution in [0.25, 0.3) is 10.8 Å². The van der Waals surface area contributed by atoms with E-state index in [2.05, 4.69) is 22.0 Å². The average molecular weight is 334 g/mol. The van der Waals surface area contributed by atoms with Gasteiger partial charge < -0.3 is 9.64 Å². The van der Waals surface area contributed by atoms with Crippen molar-refractivity contribution in [1.29, 1.82) is 0 Å². The maximum atomic E-state index is 12.0. The summed E-state index contributed by atoms with van der Waals surface area (Å²) < 4.78 is 6.57. The summed E-state index contributed by atoms with van der Waals surface area (Å²) >= 11 is 3.56. The first-order chi connectivity index (χ1) is 9.66. The van der Waals surface area contributed by atoms with Crippen LogP contribution in [0.4, 0.5) is 0 Å². The lowest BCUT2D eigenvalue weighted by molar-refractivity contribution is -0.132. The minimum Gasteiger partial charge on any atom is -0.483 e. The molecule has 3 rings (SSSR count). The SMILES string of the molecule is CN(C(=O)COc1ccc2ccccc2c1Br)C1CC1. The molecule has 0 heterocycles. The van der Waals surface area contributed by atoms with Crippen molar-refractivity contribution in [2.24, 2.45) is 0 Å². The van der Waals surface area contributed by atoms with Gasteiger partial charge in [-0.2, -0.15) is 0 Å². The number of fused-ring (bicyclic) bond motifs is 1. The zero-order valence-electron chi connectivity index (χ0n) is 11.3. The van der Waals surface area contributed by atoms with Crippen molar-refractivity contribution < 1.29 is 9.53 Å². The summed E-state index contributed by atoms with van der Waals surface area (Å²) in [6.45, 7) is 0.0872. The number of carbonyl (C=O) groups is 1. The lowest BCUT2D eigenvalue weighted by Gasteiger charge is -2.17. The largest absolute Gasteiger partial charge is 0.483 e. The highest BCUT2D eigenvalue weighted by Gasteiger charge is 2.29. The second-order valence-corrected chi connectivity index (χ2v) is 5.92. The molecule has 2 aromatic carbocycles. The molecule has 0 saturated heterocycles. The van der Waals surface area contributed by atoms with Crippen molar-refractivity contribution in [1.82, 2.24) is 4.90 Å². The summed E-state index contributed by atoms with van der Waals surface area (Å²) in [5.41, 5.74) is 0. The zero-order valence-corrected chi connectivity index (χ0v) is 12.9. The molecule has 0 radical (unpaired) electrons. The molecule has 1 aliphatic rings. The number of nitrogens with zero attached hydrogens (tertiary/aromatic N) is 1. The minimum absolute atomic E-state index is 0.0348. The Morgan fingerprint density at radius 3 is 2.80 bits per heavy atom. The fourth-order valence-corrected chi connectivity index (χ4v) is 2.84. The first-order valence-corrected chi connectivity index (χ1v) is 7.52. The molecule has 0 unspecified atom stereocenters. The smallest absolute Gasteiger partial charge is 0.260 e.